The van der Waals surface area contributed by atoms with Crippen LogP contribution in [0.25, 0.3) is 22.6 Å². The van der Waals surface area contributed by atoms with Crippen molar-refractivity contribution in [2.45, 2.75) is 13.3 Å². The molecular formula is C23H28N6O. The number of likely N-dealkylation sites (N-methyl/N-ethyl adjacent to an activating group) is 1. The third kappa shape index (κ3) is 4.52. The third-order valence-corrected chi connectivity index (χ3v) is 5.40. The average molecular weight is 405 g/mol. The van der Waals surface area contributed by atoms with E-state index >= 15 is 0 Å². The number of H-pyrrole nitrogens is 1. The first-order valence-corrected chi connectivity index (χ1v) is 10.5. The average Bonchev–Trinajstić information content (AvgIpc) is 3.29. The normalized spacial score (nSPS) is 14.7. The van der Waals surface area contributed by atoms with Crippen LogP contribution in [0.15, 0.2) is 48.5 Å². The van der Waals surface area contributed by atoms with Crippen molar-refractivity contribution in [3.8, 4) is 22.6 Å². The Bertz CT molecular complexity index is 989. The Morgan fingerprint density at radius 1 is 1.07 bits per heavy atom. The molecule has 0 radical (unpaired) electrons. The number of benzene rings is 1. The van der Waals surface area contributed by atoms with Crippen molar-refractivity contribution in [1.29, 1.82) is 0 Å². The van der Waals surface area contributed by atoms with E-state index in [-0.39, 0.29) is 5.91 Å². The van der Waals surface area contributed by atoms with Crippen molar-refractivity contribution in [2.75, 3.05) is 44.7 Å². The molecule has 0 atom stereocenters. The van der Waals surface area contributed by atoms with Gasteiger partial charge < -0.3 is 15.1 Å². The van der Waals surface area contributed by atoms with Crippen LogP contribution in [0.5, 0.6) is 0 Å². The van der Waals surface area contributed by atoms with E-state index in [0.29, 0.717) is 17.9 Å². The standard InChI is InChI=1S/C23H28N6O/c1-3-11-24-23(30)20-6-4-5-19(25-20)22-16-21(26-27-22)17-7-9-18(10-8-17)29-14-12-28(2)13-15-29/h4-10,16H,3,11-15H2,1-2H3,(H,24,30)(H,26,27). The summed E-state index contributed by atoms with van der Waals surface area (Å²) in [6.45, 7) is 6.95. The molecule has 156 valence electrons. The van der Waals surface area contributed by atoms with Crippen molar-refractivity contribution < 1.29 is 4.79 Å². The van der Waals surface area contributed by atoms with Crippen LogP contribution in [0.2, 0.25) is 0 Å². The number of anilines is 1. The van der Waals surface area contributed by atoms with Crippen LogP contribution in [0.1, 0.15) is 23.8 Å². The van der Waals surface area contributed by atoms with Crippen LogP contribution in [0.3, 0.4) is 0 Å². The van der Waals surface area contributed by atoms with E-state index in [1.807, 2.05) is 25.1 Å². The summed E-state index contributed by atoms with van der Waals surface area (Å²) in [5.41, 5.74) is 5.05. The number of aromatic nitrogens is 3. The van der Waals surface area contributed by atoms with E-state index < -0.39 is 0 Å². The minimum atomic E-state index is -0.155. The first-order valence-electron chi connectivity index (χ1n) is 10.5. The summed E-state index contributed by atoms with van der Waals surface area (Å²) in [5.74, 6) is -0.155. The van der Waals surface area contributed by atoms with Crippen LogP contribution in [-0.4, -0.2) is 65.8 Å². The molecule has 0 aliphatic carbocycles. The van der Waals surface area contributed by atoms with Gasteiger partial charge in [-0.05, 0) is 43.8 Å². The van der Waals surface area contributed by atoms with Gasteiger partial charge in [0.25, 0.3) is 5.91 Å². The Balaban J connectivity index is 1.48. The molecule has 0 saturated carbocycles. The number of carbonyl (C=O) groups is 1. The van der Waals surface area contributed by atoms with Crippen molar-refractivity contribution in [3.63, 3.8) is 0 Å². The number of piperazine rings is 1. The van der Waals surface area contributed by atoms with Gasteiger partial charge in [0.15, 0.2) is 0 Å². The summed E-state index contributed by atoms with van der Waals surface area (Å²) < 4.78 is 0. The molecule has 3 heterocycles. The first-order chi connectivity index (χ1) is 14.6. The number of hydrogen-bond donors (Lipinski definition) is 2. The topological polar surface area (TPSA) is 77.2 Å². The molecule has 1 amide bonds. The highest BCUT2D eigenvalue weighted by atomic mass is 16.1. The van der Waals surface area contributed by atoms with Crippen LogP contribution in [-0.2, 0) is 0 Å². The molecule has 0 spiro atoms. The fourth-order valence-corrected chi connectivity index (χ4v) is 3.55. The van der Waals surface area contributed by atoms with Crippen LogP contribution >= 0.6 is 0 Å². The third-order valence-electron chi connectivity index (χ3n) is 5.40. The molecule has 1 aromatic carbocycles. The largest absolute Gasteiger partial charge is 0.369 e. The summed E-state index contributed by atoms with van der Waals surface area (Å²) >= 11 is 0. The lowest BCUT2D eigenvalue weighted by Crippen LogP contribution is -2.44. The zero-order chi connectivity index (χ0) is 20.9. The summed E-state index contributed by atoms with van der Waals surface area (Å²) in [7, 11) is 2.16. The van der Waals surface area contributed by atoms with Crippen LogP contribution in [0, 0.1) is 0 Å². The minimum Gasteiger partial charge on any atom is -0.369 e. The van der Waals surface area contributed by atoms with Gasteiger partial charge in [-0.25, -0.2) is 4.98 Å². The second-order valence-corrected chi connectivity index (χ2v) is 7.67. The molecule has 30 heavy (non-hydrogen) atoms. The van der Waals surface area contributed by atoms with Crippen molar-refractivity contribution >= 4 is 11.6 Å². The highest BCUT2D eigenvalue weighted by Crippen LogP contribution is 2.25. The summed E-state index contributed by atoms with van der Waals surface area (Å²) in [5, 5.41) is 10.4. The monoisotopic (exact) mass is 404 g/mol. The van der Waals surface area contributed by atoms with E-state index in [9.17, 15) is 4.79 Å². The molecule has 2 aromatic heterocycles. The fourth-order valence-electron chi connectivity index (χ4n) is 3.55. The Kier molecular flexibility index (Phi) is 6.09. The van der Waals surface area contributed by atoms with Crippen molar-refractivity contribution in [3.05, 3.63) is 54.2 Å². The molecule has 1 aliphatic rings. The first kappa shape index (κ1) is 20.1. The second kappa shape index (κ2) is 9.09. The zero-order valence-electron chi connectivity index (χ0n) is 17.6. The van der Waals surface area contributed by atoms with E-state index in [0.717, 1.165) is 49.6 Å². The number of hydrogen-bond acceptors (Lipinski definition) is 5. The molecule has 1 saturated heterocycles. The Morgan fingerprint density at radius 3 is 2.57 bits per heavy atom. The predicted molar refractivity (Wildman–Crippen MR) is 120 cm³/mol. The van der Waals surface area contributed by atoms with Crippen molar-refractivity contribution in [2.24, 2.45) is 0 Å². The van der Waals surface area contributed by atoms with E-state index in [1.165, 1.54) is 5.69 Å². The van der Waals surface area contributed by atoms with Crippen molar-refractivity contribution in [1.82, 2.24) is 25.4 Å². The molecule has 1 fully saturated rings. The molecule has 0 unspecified atom stereocenters. The Labute approximate surface area is 177 Å². The van der Waals surface area contributed by atoms with Gasteiger partial charge in [0.2, 0.25) is 0 Å². The van der Waals surface area contributed by atoms with Gasteiger partial charge in [0.1, 0.15) is 5.69 Å². The van der Waals surface area contributed by atoms with Gasteiger partial charge in [-0.3, -0.25) is 9.89 Å². The summed E-state index contributed by atoms with van der Waals surface area (Å²) in [4.78, 5) is 21.4. The summed E-state index contributed by atoms with van der Waals surface area (Å²) in [6, 6.07) is 16.0. The van der Waals surface area contributed by atoms with Crippen LogP contribution < -0.4 is 10.2 Å². The highest BCUT2D eigenvalue weighted by Gasteiger charge is 2.15. The maximum absolute atomic E-state index is 12.2. The number of rotatable bonds is 6. The molecule has 4 rings (SSSR count). The molecule has 7 nitrogen and oxygen atoms in total. The van der Waals surface area contributed by atoms with Crippen LogP contribution in [0.4, 0.5) is 5.69 Å². The Morgan fingerprint density at radius 2 is 1.83 bits per heavy atom. The quantitative estimate of drug-likeness (QED) is 0.660. The maximum atomic E-state index is 12.2. The van der Waals surface area contributed by atoms with Gasteiger partial charge in [0, 0.05) is 44.0 Å². The molecule has 2 N–H and O–H groups in total. The molecule has 0 bridgehead atoms. The van der Waals surface area contributed by atoms with Gasteiger partial charge >= 0.3 is 0 Å². The van der Waals surface area contributed by atoms with E-state index in [4.69, 9.17) is 0 Å². The lowest BCUT2D eigenvalue weighted by Gasteiger charge is -2.34. The smallest absolute Gasteiger partial charge is 0.269 e. The van der Waals surface area contributed by atoms with Gasteiger partial charge in [0.05, 0.1) is 17.1 Å². The Hall–Kier alpha value is -3.19. The van der Waals surface area contributed by atoms with E-state index in [2.05, 4.69) is 61.6 Å². The summed E-state index contributed by atoms with van der Waals surface area (Å²) in [6.07, 6.45) is 0.892. The zero-order valence-corrected chi connectivity index (χ0v) is 17.6. The van der Waals surface area contributed by atoms with Gasteiger partial charge in [-0.2, -0.15) is 5.10 Å². The number of nitrogens with zero attached hydrogens (tertiary/aromatic N) is 4. The number of carbonyl (C=O) groups excluding carboxylic acids is 1. The highest BCUT2D eigenvalue weighted by molar-refractivity contribution is 5.92. The number of amides is 1. The van der Waals surface area contributed by atoms with Gasteiger partial charge in [-0.15, -0.1) is 0 Å². The maximum Gasteiger partial charge on any atom is 0.269 e. The van der Waals surface area contributed by atoms with Gasteiger partial charge in [-0.1, -0.05) is 25.1 Å². The molecule has 1 aliphatic heterocycles. The number of pyridine rings is 1. The minimum absolute atomic E-state index is 0.155. The molecule has 3 aromatic rings. The lowest BCUT2D eigenvalue weighted by molar-refractivity contribution is 0.0949. The number of nitrogens with one attached hydrogen (secondary N) is 2. The SMILES string of the molecule is CCCNC(=O)c1cccc(-c2cc(-c3ccc(N4CCN(C)CC4)cc3)n[nH]2)n1. The fraction of sp³-hybridized carbons (Fsp3) is 0.348. The van der Waals surface area contributed by atoms with E-state index in [1.54, 1.807) is 6.07 Å². The second-order valence-electron chi connectivity index (χ2n) is 7.67. The molecule has 7 heteroatoms. The number of aromatic amines is 1. The molecular weight excluding hydrogens is 376 g/mol. The predicted octanol–water partition coefficient (Wildman–Crippen LogP) is 3.03. The lowest BCUT2D eigenvalue weighted by atomic mass is 10.1.